The minimum Gasteiger partial charge on any atom is -0.481 e. The van der Waals surface area contributed by atoms with Crippen molar-refractivity contribution in [1.29, 1.82) is 0 Å². The first-order chi connectivity index (χ1) is 8.02. The highest BCUT2D eigenvalue weighted by Crippen LogP contribution is 2.15. The quantitative estimate of drug-likeness (QED) is 0.791. The van der Waals surface area contributed by atoms with Crippen molar-refractivity contribution in [3.63, 3.8) is 0 Å². The van der Waals surface area contributed by atoms with Crippen LogP contribution in [0.2, 0.25) is 0 Å². The zero-order valence-corrected chi connectivity index (χ0v) is 10.0. The third-order valence-corrected chi connectivity index (χ3v) is 2.53. The second-order valence-corrected chi connectivity index (χ2v) is 3.92. The minimum absolute atomic E-state index is 0.0171. The smallest absolute Gasteiger partial charge is 0.307 e. The van der Waals surface area contributed by atoms with Gasteiger partial charge in [-0.05, 0) is 24.5 Å². The van der Waals surface area contributed by atoms with Crippen LogP contribution >= 0.6 is 0 Å². The summed E-state index contributed by atoms with van der Waals surface area (Å²) in [5, 5.41) is 8.79. The van der Waals surface area contributed by atoms with Crippen LogP contribution in [0.3, 0.4) is 0 Å². The number of hydrogen-bond acceptors (Lipinski definition) is 3. The number of rotatable bonds is 5. The van der Waals surface area contributed by atoms with Gasteiger partial charge in [0.15, 0.2) is 0 Å². The average molecular weight is 236 g/mol. The van der Waals surface area contributed by atoms with Crippen LogP contribution in [0.15, 0.2) is 18.2 Å². The molecule has 0 amide bonds. The summed E-state index contributed by atoms with van der Waals surface area (Å²) in [4.78, 5) is 21.8. The third-order valence-electron chi connectivity index (χ3n) is 2.53. The molecule has 0 unspecified atom stereocenters. The summed E-state index contributed by atoms with van der Waals surface area (Å²) < 4.78 is 4.57. The molecule has 0 aliphatic rings. The molecule has 92 valence electrons. The van der Waals surface area contributed by atoms with E-state index in [1.54, 1.807) is 6.07 Å². The molecule has 0 saturated heterocycles. The molecule has 1 aromatic carbocycles. The zero-order valence-electron chi connectivity index (χ0n) is 10.0. The molecule has 1 aromatic rings. The lowest BCUT2D eigenvalue weighted by Crippen LogP contribution is -2.07. The maximum absolute atomic E-state index is 11.1. The van der Waals surface area contributed by atoms with Gasteiger partial charge in [0.1, 0.15) is 0 Å². The van der Waals surface area contributed by atoms with Crippen molar-refractivity contribution < 1.29 is 19.4 Å². The molecular weight excluding hydrogens is 220 g/mol. The summed E-state index contributed by atoms with van der Waals surface area (Å²) in [5.74, 6) is -1.15. The Balaban J connectivity index is 2.83. The van der Waals surface area contributed by atoms with E-state index in [0.29, 0.717) is 6.42 Å². The van der Waals surface area contributed by atoms with Crippen LogP contribution < -0.4 is 0 Å². The van der Waals surface area contributed by atoms with Crippen molar-refractivity contribution in [2.45, 2.75) is 26.2 Å². The number of methoxy groups -OCH3 is 1. The second kappa shape index (κ2) is 6.03. The van der Waals surface area contributed by atoms with E-state index in [1.165, 1.54) is 7.11 Å². The molecule has 4 nitrogen and oxygen atoms in total. The van der Waals surface area contributed by atoms with Crippen molar-refractivity contribution in [2.75, 3.05) is 7.11 Å². The fraction of sp³-hybridized carbons (Fsp3) is 0.385. The lowest BCUT2D eigenvalue weighted by Gasteiger charge is -2.08. The normalized spacial score (nSPS) is 10.0. The summed E-state index contributed by atoms with van der Waals surface area (Å²) >= 11 is 0. The van der Waals surface area contributed by atoms with E-state index in [0.717, 1.165) is 16.7 Å². The molecule has 0 fully saturated rings. The van der Waals surface area contributed by atoms with Crippen molar-refractivity contribution in [2.24, 2.45) is 0 Å². The van der Waals surface area contributed by atoms with E-state index in [9.17, 15) is 9.59 Å². The van der Waals surface area contributed by atoms with Crippen LogP contribution in [0, 0.1) is 6.92 Å². The van der Waals surface area contributed by atoms with Gasteiger partial charge >= 0.3 is 11.9 Å². The number of carbonyl (C=O) groups is 2. The first kappa shape index (κ1) is 13.2. The van der Waals surface area contributed by atoms with Gasteiger partial charge in [-0.1, -0.05) is 23.8 Å². The summed E-state index contributed by atoms with van der Waals surface area (Å²) in [7, 11) is 1.34. The number of carbonyl (C=O) groups excluding carboxylic acids is 1. The Morgan fingerprint density at radius 1 is 1.29 bits per heavy atom. The zero-order chi connectivity index (χ0) is 12.8. The topological polar surface area (TPSA) is 63.6 Å². The summed E-state index contributed by atoms with van der Waals surface area (Å²) in [5.41, 5.74) is 2.71. The first-order valence-electron chi connectivity index (χ1n) is 5.40. The van der Waals surface area contributed by atoms with Gasteiger partial charge in [0.25, 0.3) is 0 Å². The van der Waals surface area contributed by atoms with Gasteiger partial charge in [0.2, 0.25) is 0 Å². The highest BCUT2D eigenvalue weighted by atomic mass is 16.5. The number of aliphatic carboxylic acids is 1. The fourth-order valence-electron chi connectivity index (χ4n) is 1.66. The molecule has 0 bridgehead atoms. The molecule has 0 aliphatic heterocycles. The van der Waals surface area contributed by atoms with Gasteiger partial charge in [-0.2, -0.15) is 0 Å². The Hall–Kier alpha value is -1.84. The number of benzene rings is 1. The Bertz CT molecular complexity index is 423. The maximum Gasteiger partial charge on any atom is 0.307 e. The molecule has 0 radical (unpaired) electrons. The predicted octanol–water partition coefficient (Wildman–Crippen LogP) is 1.73. The van der Waals surface area contributed by atoms with Gasteiger partial charge < -0.3 is 9.84 Å². The summed E-state index contributed by atoms with van der Waals surface area (Å²) in [6.07, 6.45) is 0.764. The number of carboxylic acid groups (broad SMARTS) is 1. The Morgan fingerprint density at radius 2 is 2.00 bits per heavy atom. The van der Waals surface area contributed by atoms with Crippen LogP contribution in [0.1, 0.15) is 23.1 Å². The standard InChI is InChI=1S/C13H16O4/c1-9-3-4-11(8-12(14)15)10(7-9)5-6-13(16)17-2/h3-4,7H,5-6,8H2,1-2H3,(H,14,15). The number of esters is 1. The van der Waals surface area contributed by atoms with Crippen molar-refractivity contribution in [1.82, 2.24) is 0 Å². The van der Waals surface area contributed by atoms with Crippen molar-refractivity contribution in [3.8, 4) is 0 Å². The van der Waals surface area contributed by atoms with Gasteiger partial charge in [-0.3, -0.25) is 9.59 Å². The van der Waals surface area contributed by atoms with Crippen LogP contribution in [0.4, 0.5) is 0 Å². The number of hydrogen-bond donors (Lipinski definition) is 1. The maximum atomic E-state index is 11.1. The van der Waals surface area contributed by atoms with E-state index in [2.05, 4.69) is 4.74 Å². The van der Waals surface area contributed by atoms with E-state index >= 15 is 0 Å². The third kappa shape index (κ3) is 4.26. The van der Waals surface area contributed by atoms with Crippen molar-refractivity contribution >= 4 is 11.9 Å². The van der Waals surface area contributed by atoms with Crippen LogP contribution in [-0.4, -0.2) is 24.2 Å². The van der Waals surface area contributed by atoms with E-state index in [4.69, 9.17) is 5.11 Å². The van der Waals surface area contributed by atoms with E-state index < -0.39 is 5.97 Å². The SMILES string of the molecule is COC(=O)CCc1cc(C)ccc1CC(=O)O. The number of aryl methyl sites for hydroxylation is 2. The van der Waals surface area contributed by atoms with Gasteiger partial charge in [-0.15, -0.1) is 0 Å². The number of carboxylic acids is 1. The molecule has 1 rings (SSSR count). The number of ether oxygens (including phenoxy) is 1. The van der Waals surface area contributed by atoms with Crippen LogP contribution in [0.5, 0.6) is 0 Å². The van der Waals surface area contributed by atoms with Crippen LogP contribution in [0.25, 0.3) is 0 Å². The second-order valence-electron chi connectivity index (χ2n) is 3.92. The predicted molar refractivity (Wildman–Crippen MR) is 62.9 cm³/mol. The lowest BCUT2D eigenvalue weighted by molar-refractivity contribution is -0.140. The van der Waals surface area contributed by atoms with Crippen LogP contribution in [-0.2, 0) is 27.2 Å². The molecule has 17 heavy (non-hydrogen) atoms. The molecule has 0 atom stereocenters. The molecule has 0 heterocycles. The van der Waals surface area contributed by atoms with Gasteiger partial charge in [0, 0.05) is 6.42 Å². The minimum atomic E-state index is -0.867. The Kier molecular flexibility index (Phi) is 4.69. The fourth-order valence-corrected chi connectivity index (χ4v) is 1.66. The average Bonchev–Trinajstić information content (AvgIpc) is 2.28. The lowest BCUT2D eigenvalue weighted by atomic mass is 9.98. The molecule has 1 N–H and O–H groups in total. The molecular formula is C13H16O4. The molecule has 0 aromatic heterocycles. The summed E-state index contributed by atoms with van der Waals surface area (Å²) in [6.45, 7) is 1.94. The monoisotopic (exact) mass is 236 g/mol. The van der Waals surface area contributed by atoms with Gasteiger partial charge in [0.05, 0.1) is 13.5 Å². The van der Waals surface area contributed by atoms with E-state index in [1.807, 2.05) is 19.1 Å². The summed E-state index contributed by atoms with van der Waals surface area (Å²) in [6, 6.07) is 5.59. The van der Waals surface area contributed by atoms with Gasteiger partial charge in [-0.25, -0.2) is 0 Å². The van der Waals surface area contributed by atoms with Crippen molar-refractivity contribution in [3.05, 3.63) is 34.9 Å². The molecule has 0 aliphatic carbocycles. The Morgan fingerprint density at radius 3 is 2.59 bits per heavy atom. The first-order valence-corrected chi connectivity index (χ1v) is 5.40. The molecule has 0 saturated carbocycles. The molecule has 0 spiro atoms. The molecule has 4 heteroatoms. The van der Waals surface area contributed by atoms with E-state index in [-0.39, 0.29) is 18.8 Å². The highest BCUT2D eigenvalue weighted by molar-refractivity contribution is 5.72. The Labute approximate surface area is 100 Å². The largest absolute Gasteiger partial charge is 0.481 e. The highest BCUT2D eigenvalue weighted by Gasteiger charge is 2.09.